The van der Waals surface area contributed by atoms with E-state index < -0.39 is 19.7 Å². The molecule has 0 aromatic heterocycles. The van der Waals surface area contributed by atoms with Crippen molar-refractivity contribution in [1.82, 2.24) is 5.32 Å². The first-order valence-electron chi connectivity index (χ1n) is 5.34. The summed E-state index contributed by atoms with van der Waals surface area (Å²) in [6.07, 6.45) is 2.21. The van der Waals surface area contributed by atoms with Gasteiger partial charge in [0.2, 0.25) is 0 Å². The Bertz CT molecular complexity index is 590. The summed E-state index contributed by atoms with van der Waals surface area (Å²) in [5, 5.41) is 2.97. The Hall–Kier alpha value is -0.120. The molecule has 2 aliphatic heterocycles. The third kappa shape index (κ3) is 3.94. The fourth-order valence-electron chi connectivity index (χ4n) is 1.85. The number of sulfone groups is 2. The van der Waals surface area contributed by atoms with Gasteiger partial charge in [-0.2, -0.15) is 0 Å². The van der Waals surface area contributed by atoms with Crippen molar-refractivity contribution in [1.29, 1.82) is 0 Å². The minimum absolute atomic E-state index is 0.0302. The average molecular weight is 327 g/mol. The van der Waals surface area contributed by atoms with Gasteiger partial charge in [0.25, 0.3) is 0 Å². The average Bonchev–Trinajstić information content (AvgIpc) is 2.69. The molecular formula is C9H13NO4S4. The van der Waals surface area contributed by atoms with Crippen molar-refractivity contribution in [2.45, 2.75) is 12.5 Å². The van der Waals surface area contributed by atoms with Crippen LogP contribution < -0.4 is 5.32 Å². The standard InChI is InChI=1S/C9H13NO4S4/c11-17(12)3-1-7(5-17)10-9(15)16-8-2-4-18(13,14)6-8/h2,7H,1,3-6H2,(H,10,15)/t7-/m0/s1. The van der Waals surface area contributed by atoms with Gasteiger partial charge in [-0.25, -0.2) is 16.8 Å². The number of rotatable bonds is 2. The maximum atomic E-state index is 11.3. The van der Waals surface area contributed by atoms with E-state index in [2.05, 4.69) is 5.32 Å². The van der Waals surface area contributed by atoms with E-state index in [4.69, 9.17) is 12.2 Å². The molecule has 0 aliphatic carbocycles. The lowest BCUT2D eigenvalue weighted by Gasteiger charge is -2.12. The van der Waals surface area contributed by atoms with E-state index in [0.717, 1.165) is 0 Å². The summed E-state index contributed by atoms with van der Waals surface area (Å²) in [6, 6.07) is -0.145. The summed E-state index contributed by atoms with van der Waals surface area (Å²) < 4.78 is 45.5. The zero-order valence-electron chi connectivity index (χ0n) is 9.46. The molecule has 102 valence electrons. The highest BCUT2D eigenvalue weighted by Crippen LogP contribution is 2.25. The number of thioether (sulfide) groups is 1. The highest BCUT2D eigenvalue weighted by Gasteiger charge is 2.29. The lowest BCUT2D eigenvalue weighted by molar-refractivity contribution is 0.599. The number of nitrogens with one attached hydrogen (secondary N) is 1. The predicted molar refractivity (Wildman–Crippen MR) is 77.1 cm³/mol. The molecule has 1 saturated heterocycles. The SMILES string of the molecule is O=S1(=O)CC=C(SC(=S)N[C@H]2CCS(=O)(=O)C2)C1. The van der Waals surface area contributed by atoms with Crippen LogP contribution in [0.2, 0.25) is 0 Å². The molecule has 0 unspecified atom stereocenters. The molecule has 2 heterocycles. The summed E-state index contributed by atoms with van der Waals surface area (Å²) in [7, 11) is -5.91. The van der Waals surface area contributed by atoms with Crippen molar-refractivity contribution in [2.24, 2.45) is 0 Å². The maximum absolute atomic E-state index is 11.3. The molecule has 2 aliphatic rings. The molecular weight excluding hydrogens is 314 g/mol. The zero-order chi connectivity index (χ0) is 13.4. The Labute approximate surface area is 116 Å². The van der Waals surface area contributed by atoms with Crippen LogP contribution in [0.1, 0.15) is 6.42 Å². The second kappa shape index (κ2) is 5.10. The number of hydrogen-bond acceptors (Lipinski definition) is 6. The fourth-order valence-corrected chi connectivity index (χ4v) is 6.65. The maximum Gasteiger partial charge on any atom is 0.158 e. The molecule has 0 aromatic carbocycles. The molecule has 5 nitrogen and oxygen atoms in total. The minimum Gasteiger partial charge on any atom is -0.367 e. The highest BCUT2D eigenvalue weighted by molar-refractivity contribution is 8.25. The second-order valence-electron chi connectivity index (χ2n) is 4.36. The Morgan fingerprint density at radius 2 is 2.06 bits per heavy atom. The molecule has 0 amide bonds. The smallest absolute Gasteiger partial charge is 0.158 e. The van der Waals surface area contributed by atoms with E-state index in [9.17, 15) is 16.8 Å². The number of thiocarbonyl (C=S) groups is 1. The summed E-state index contributed by atoms with van der Waals surface area (Å²) in [5.41, 5.74) is 0. The van der Waals surface area contributed by atoms with Gasteiger partial charge in [0.05, 0.1) is 23.0 Å². The van der Waals surface area contributed by atoms with Crippen molar-refractivity contribution >= 4 is 48.0 Å². The van der Waals surface area contributed by atoms with Crippen LogP contribution in [0.3, 0.4) is 0 Å². The summed E-state index contributed by atoms with van der Waals surface area (Å²) in [6.45, 7) is 0. The van der Waals surface area contributed by atoms with Gasteiger partial charge in [-0.3, -0.25) is 0 Å². The third-order valence-electron chi connectivity index (χ3n) is 2.71. The van der Waals surface area contributed by atoms with Crippen LogP contribution in [0.4, 0.5) is 0 Å². The molecule has 2 rings (SSSR count). The molecule has 1 N–H and O–H groups in total. The minimum atomic E-state index is -2.98. The van der Waals surface area contributed by atoms with E-state index in [1.807, 2.05) is 0 Å². The zero-order valence-corrected chi connectivity index (χ0v) is 12.7. The van der Waals surface area contributed by atoms with E-state index >= 15 is 0 Å². The number of hydrogen-bond donors (Lipinski definition) is 1. The third-order valence-corrected chi connectivity index (χ3v) is 7.33. The molecule has 18 heavy (non-hydrogen) atoms. The van der Waals surface area contributed by atoms with Crippen LogP contribution >= 0.6 is 24.0 Å². The van der Waals surface area contributed by atoms with E-state index in [-0.39, 0.29) is 29.1 Å². The molecule has 0 saturated carbocycles. The van der Waals surface area contributed by atoms with Gasteiger partial charge in [-0.05, 0) is 6.42 Å². The van der Waals surface area contributed by atoms with Crippen molar-refractivity contribution in [3.8, 4) is 0 Å². The molecule has 0 spiro atoms. The van der Waals surface area contributed by atoms with Crippen LogP contribution in [0.25, 0.3) is 0 Å². The van der Waals surface area contributed by atoms with Gasteiger partial charge in [0.1, 0.15) is 4.32 Å². The normalized spacial score (nSPS) is 28.9. The van der Waals surface area contributed by atoms with Gasteiger partial charge in [0, 0.05) is 10.9 Å². The second-order valence-corrected chi connectivity index (χ2v) is 10.5. The first kappa shape index (κ1) is 14.3. The van der Waals surface area contributed by atoms with Gasteiger partial charge in [0.15, 0.2) is 19.7 Å². The summed E-state index contributed by atoms with van der Waals surface area (Å²) in [4.78, 5) is 0.716. The molecule has 1 atom stereocenters. The lowest BCUT2D eigenvalue weighted by Crippen LogP contribution is -2.32. The van der Waals surface area contributed by atoms with Crippen LogP contribution in [0, 0.1) is 0 Å². The van der Waals surface area contributed by atoms with Crippen molar-refractivity contribution < 1.29 is 16.8 Å². The summed E-state index contributed by atoms with van der Waals surface area (Å²) in [5.74, 6) is 0.387. The van der Waals surface area contributed by atoms with Crippen LogP contribution in [0.15, 0.2) is 11.0 Å². The van der Waals surface area contributed by atoms with Crippen LogP contribution in [-0.4, -0.2) is 50.2 Å². The molecule has 9 heteroatoms. The van der Waals surface area contributed by atoms with Crippen molar-refractivity contribution in [3.05, 3.63) is 11.0 Å². The topological polar surface area (TPSA) is 80.3 Å². The van der Waals surface area contributed by atoms with Gasteiger partial charge in [-0.15, -0.1) is 0 Å². The fraction of sp³-hybridized carbons (Fsp3) is 0.667. The van der Waals surface area contributed by atoms with Crippen molar-refractivity contribution in [2.75, 3.05) is 23.0 Å². The molecule has 1 fully saturated rings. The molecule has 0 bridgehead atoms. The largest absolute Gasteiger partial charge is 0.367 e. The van der Waals surface area contributed by atoms with Crippen LogP contribution in [0.5, 0.6) is 0 Å². The Kier molecular flexibility index (Phi) is 4.05. The summed E-state index contributed by atoms with van der Waals surface area (Å²) >= 11 is 6.30. The first-order chi connectivity index (χ1) is 8.26. The van der Waals surface area contributed by atoms with E-state index in [0.29, 0.717) is 15.6 Å². The quantitative estimate of drug-likeness (QED) is 0.720. The molecule has 0 radical (unpaired) electrons. The first-order valence-corrected chi connectivity index (χ1v) is 10.2. The Balaban J connectivity index is 1.84. The Morgan fingerprint density at radius 1 is 1.33 bits per heavy atom. The van der Waals surface area contributed by atoms with Gasteiger partial charge >= 0.3 is 0 Å². The van der Waals surface area contributed by atoms with Gasteiger partial charge in [-0.1, -0.05) is 30.1 Å². The molecule has 0 aromatic rings. The predicted octanol–water partition coefficient (Wildman–Crippen LogP) is 0.0935. The van der Waals surface area contributed by atoms with Gasteiger partial charge < -0.3 is 5.32 Å². The monoisotopic (exact) mass is 327 g/mol. The van der Waals surface area contributed by atoms with E-state index in [1.165, 1.54) is 11.8 Å². The highest BCUT2D eigenvalue weighted by atomic mass is 32.2. The van der Waals surface area contributed by atoms with E-state index in [1.54, 1.807) is 6.08 Å². The van der Waals surface area contributed by atoms with Crippen LogP contribution in [-0.2, 0) is 19.7 Å². The lowest BCUT2D eigenvalue weighted by atomic mass is 10.3. The Morgan fingerprint density at radius 3 is 2.56 bits per heavy atom. The van der Waals surface area contributed by atoms with Crippen molar-refractivity contribution in [3.63, 3.8) is 0 Å².